The number of carbonyl (C=O) groups excluding carboxylic acids is 2. The Morgan fingerprint density at radius 3 is 2.36 bits per heavy atom. The van der Waals surface area contributed by atoms with Crippen molar-refractivity contribution in [1.82, 2.24) is 0 Å². The average Bonchev–Trinajstić information content (AvgIpc) is 3.06. The lowest BCUT2D eigenvalue weighted by molar-refractivity contribution is 0.0601. The SMILES string of the molecule is COC(=O)c1c(NC(=O)c2ccc(-c3cc(=O)c4cc(C)cc(C)c4o3)cc2)sc(C)c1C. The Bertz CT molecular complexity index is 1460. The monoisotopic (exact) mass is 461 g/mol. The Hall–Kier alpha value is -3.71. The second-order valence-corrected chi connectivity index (χ2v) is 9.17. The Kier molecular flexibility index (Phi) is 5.91. The third-order valence-corrected chi connectivity index (χ3v) is 6.71. The number of hydrogen-bond acceptors (Lipinski definition) is 6. The molecule has 0 spiro atoms. The molecule has 6 nitrogen and oxygen atoms in total. The van der Waals surface area contributed by atoms with Crippen LogP contribution < -0.4 is 10.7 Å². The van der Waals surface area contributed by atoms with E-state index in [1.807, 2.05) is 39.8 Å². The van der Waals surface area contributed by atoms with Gasteiger partial charge >= 0.3 is 5.97 Å². The van der Waals surface area contributed by atoms with Crippen LogP contribution in [0, 0.1) is 27.7 Å². The standard InChI is InChI=1S/C26H23NO5S/c1-13-10-14(2)23-19(11-13)20(28)12-21(32-23)17-6-8-18(9-7-17)24(29)27-25-22(26(30)31-5)15(3)16(4)33-25/h6-12H,1-5H3,(H,27,29). The van der Waals surface area contributed by atoms with Gasteiger partial charge in [0.05, 0.1) is 18.1 Å². The molecule has 0 bridgehead atoms. The van der Waals surface area contributed by atoms with Gasteiger partial charge < -0.3 is 14.5 Å². The van der Waals surface area contributed by atoms with Gasteiger partial charge in [-0.05, 0) is 62.6 Å². The van der Waals surface area contributed by atoms with Crippen LogP contribution in [-0.4, -0.2) is 19.0 Å². The molecule has 0 unspecified atom stereocenters. The molecule has 4 aromatic rings. The quantitative estimate of drug-likeness (QED) is 0.389. The van der Waals surface area contributed by atoms with E-state index in [-0.39, 0.29) is 11.3 Å². The largest absolute Gasteiger partial charge is 0.465 e. The smallest absolute Gasteiger partial charge is 0.341 e. The van der Waals surface area contributed by atoms with Crippen LogP contribution in [0.15, 0.2) is 51.7 Å². The van der Waals surface area contributed by atoms with Crippen LogP contribution in [0.3, 0.4) is 0 Å². The van der Waals surface area contributed by atoms with E-state index >= 15 is 0 Å². The van der Waals surface area contributed by atoms with Crippen LogP contribution in [0.5, 0.6) is 0 Å². The number of fused-ring (bicyclic) bond motifs is 1. The van der Waals surface area contributed by atoms with E-state index < -0.39 is 5.97 Å². The summed E-state index contributed by atoms with van der Waals surface area (Å²) in [4.78, 5) is 38.5. The topological polar surface area (TPSA) is 85.6 Å². The first-order chi connectivity index (χ1) is 15.7. The lowest BCUT2D eigenvalue weighted by Crippen LogP contribution is -2.14. The lowest BCUT2D eigenvalue weighted by atomic mass is 10.1. The zero-order valence-electron chi connectivity index (χ0n) is 19.0. The van der Waals surface area contributed by atoms with Crippen molar-refractivity contribution in [2.45, 2.75) is 27.7 Å². The zero-order chi connectivity index (χ0) is 23.9. The zero-order valence-corrected chi connectivity index (χ0v) is 19.8. The lowest BCUT2D eigenvalue weighted by Gasteiger charge is -2.08. The third-order valence-electron chi connectivity index (χ3n) is 5.59. The molecule has 0 saturated carbocycles. The molecule has 0 saturated heterocycles. The van der Waals surface area contributed by atoms with Crippen molar-refractivity contribution in [2.24, 2.45) is 0 Å². The van der Waals surface area contributed by atoms with E-state index in [4.69, 9.17) is 9.15 Å². The van der Waals surface area contributed by atoms with Crippen molar-refractivity contribution in [3.8, 4) is 11.3 Å². The number of amides is 1. The molecule has 0 atom stereocenters. The number of carbonyl (C=O) groups is 2. The molecule has 0 aliphatic carbocycles. The average molecular weight is 462 g/mol. The van der Waals surface area contributed by atoms with E-state index in [1.165, 1.54) is 24.5 Å². The number of benzene rings is 2. The minimum absolute atomic E-state index is 0.112. The second kappa shape index (κ2) is 8.67. The number of anilines is 1. The minimum Gasteiger partial charge on any atom is -0.465 e. The van der Waals surface area contributed by atoms with E-state index in [9.17, 15) is 14.4 Å². The van der Waals surface area contributed by atoms with Crippen LogP contribution >= 0.6 is 11.3 Å². The number of esters is 1. The fourth-order valence-electron chi connectivity index (χ4n) is 3.78. The Labute approximate surface area is 194 Å². The summed E-state index contributed by atoms with van der Waals surface area (Å²) < 4.78 is 10.9. The molecule has 0 aliphatic heterocycles. The van der Waals surface area contributed by atoms with Crippen LogP contribution in [0.1, 0.15) is 42.3 Å². The van der Waals surface area contributed by atoms with Crippen molar-refractivity contribution >= 4 is 39.2 Å². The van der Waals surface area contributed by atoms with Gasteiger partial charge in [0.1, 0.15) is 16.3 Å². The van der Waals surface area contributed by atoms with E-state index in [0.717, 1.165) is 21.6 Å². The highest BCUT2D eigenvalue weighted by atomic mass is 32.1. The first-order valence-corrected chi connectivity index (χ1v) is 11.2. The highest BCUT2D eigenvalue weighted by molar-refractivity contribution is 7.16. The molecule has 1 amide bonds. The summed E-state index contributed by atoms with van der Waals surface area (Å²) in [6.45, 7) is 7.56. The first-order valence-electron chi connectivity index (χ1n) is 10.3. The van der Waals surface area contributed by atoms with Crippen LogP contribution in [0.2, 0.25) is 0 Å². The minimum atomic E-state index is -0.487. The summed E-state index contributed by atoms with van der Waals surface area (Å²) in [6, 6.07) is 12.0. The number of rotatable bonds is 4. The molecule has 4 rings (SSSR count). The molecule has 2 aromatic heterocycles. The van der Waals surface area contributed by atoms with E-state index in [1.54, 1.807) is 24.3 Å². The number of nitrogens with one attached hydrogen (secondary N) is 1. The number of aryl methyl sites for hydroxylation is 3. The summed E-state index contributed by atoms with van der Waals surface area (Å²) in [5, 5.41) is 3.82. The number of hydrogen-bond donors (Lipinski definition) is 1. The van der Waals surface area contributed by atoms with Gasteiger partial charge in [-0.15, -0.1) is 11.3 Å². The van der Waals surface area contributed by atoms with E-state index in [0.29, 0.717) is 38.4 Å². The summed E-state index contributed by atoms with van der Waals surface area (Å²) >= 11 is 1.33. The highest BCUT2D eigenvalue weighted by Gasteiger charge is 2.22. The van der Waals surface area contributed by atoms with Gasteiger partial charge in [0.25, 0.3) is 5.91 Å². The summed E-state index contributed by atoms with van der Waals surface area (Å²) in [7, 11) is 1.31. The number of thiophene rings is 1. The molecule has 33 heavy (non-hydrogen) atoms. The molecular formula is C26H23NO5S. The molecular weight excluding hydrogens is 438 g/mol. The Morgan fingerprint density at radius 1 is 1.00 bits per heavy atom. The van der Waals surface area contributed by atoms with Gasteiger partial charge in [-0.25, -0.2) is 4.79 Å². The van der Waals surface area contributed by atoms with Crippen molar-refractivity contribution in [3.05, 3.63) is 85.4 Å². The van der Waals surface area contributed by atoms with Gasteiger partial charge in [0.2, 0.25) is 0 Å². The summed E-state index contributed by atoms with van der Waals surface area (Å²) in [6.07, 6.45) is 0. The summed E-state index contributed by atoms with van der Waals surface area (Å²) in [5.74, 6) is -0.401. The molecule has 168 valence electrons. The Morgan fingerprint density at radius 2 is 1.70 bits per heavy atom. The summed E-state index contributed by atoms with van der Waals surface area (Å²) in [5.41, 5.74) is 4.59. The van der Waals surface area contributed by atoms with Crippen LogP contribution in [-0.2, 0) is 4.74 Å². The van der Waals surface area contributed by atoms with Crippen molar-refractivity contribution < 1.29 is 18.7 Å². The van der Waals surface area contributed by atoms with E-state index in [2.05, 4.69) is 5.32 Å². The number of methoxy groups -OCH3 is 1. The fourth-order valence-corrected chi connectivity index (χ4v) is 4.82. The van der Waals surface area contributed by atoms with Crippen LogP contribution in [0.4, 0.5) is 5.00 Å². The Balaban J connectivity index is 1.63. The van der Waals surface area contributed by atoms with Crippen molar-refractivity contribution in [1.29, 1.82) is 0 Å². The molecule has 0 aliphatic rings. The van der Waals surface area contributed by atoms with Gasteiger partial charge in [0.15, 0.2) is 5.43 Å². The number of ether oxygens (including phenoxy) is 1. The molecule has 0 radical (unpaired) electrons. The normalized spacial score (nSPS) is 10.9. The van der Waals surface area contributed by atoms with Gasteiger partial charge in [-0.2, -0.15) is 0 Å². The molecule has 7 heteroatoms. The molecule has 2 heterocycles. The maximum Gasteiger partial charge on any atom is 0.341 e. The predicted octanol–water partition coefficient (Wildman–Crippen LogP) is 5.79. The molecule has 0 fully saturated rings. The van der Waals surface area contributed by atoms with Crippen molar-refractivity contribution in [3.63, 3.8) is 0 Å². The first kappa shape index (κ1) is 22.5. The van der Waals surface area contributed by atoms with Gasteiger partial charge in [0, 0.05) is 22.1 Å². The second-order valence-electron chi connectivity index (χ2n) is 7.94. The third kappa shape index (κ3) is 4.19. The van der Waals surface area contributed by atoms with Crippen LogP contribution in [0.25, 0.3) is 22.3 Å². The molecule has 2 aromatic carbocycles. The maximum absolute atomic E-state index is 12.8. The predicted molar refractivity (Wildman–Crippen MR) is 130 cm³/mol. The van der Waals surface area contributed by atoms with Crippen molar-refractivity contribution in [2.75, 3.05) is 12.4 Å². The fraction of sp³-hybridized carbons (Fsp3) is 0.192. The highest BCUT2D eigenvalue weighted by Crippen LogP contribution is 2.33. The van der Waals surface area contributed by atoms with Gasteiger partial charge in [-0.1, -0.05) is 18.2 Å². The maximum atomic E-state index is 12.8. The molecule has 1 N–H and O–H groups in total. The van der Waals surface area contributed by atoms with Gasteiger partial charge in [-0.3, -0.25) is 9.59 Å².